The van der Waals surface area contributed by atoms with Gasteiger partial charge >= 0.3 is 0 Å². The number of rotatable bonds is 7. The highest BCUT2D eigenvalue weighted by molar-refractivity contribution is 5.63. The predicted octanol–water partition coefficient (Wildman–Crippen LogP) is 4.43. The van der Waals surface area contributed by atoms with Gasteiger partial charge in [-0.05, 0) is 42.5 Å². The molecule has 0 aliphatic heterocycles. The summed E-state index contributed by atoms with van der Waals surface area (Å²) in [6.45, 7) is 1.31. The van der Waals surface area contributed by atoms with Crippen LogP contribution in [-0.2, 0) is 13.1 Å². The van der Waals surface area contributed by atoms with E-state index in [4.69, 9.17) is 5.10 Å². The van der Waals surface area contributed by atoms with Crippen molar-refractivity contribution in [2.45, 2.75) is 13.1 Å². The lowest BCUT2D eigenvalue weighted by atomic mass is 10.1. The van der Waals surface area contributed by atoms with Crippen molar-refractivity contribution in [1.29, 1.82) is 0 Å². The Morgan fingerprint density at radius 3 is 2.37 bits per heavy atom. The van der Waals surface area contributed by atoms with Crippen molar-refractivity contribution in [2.24, 2.45) is 0 Å². The Bertz CT molecular complexity index is 1100. The maximum absolute atomic E-state index is 13.4. The minimum absolute atomic E-state index is 0.256. The second-order valence-corrected chi connectivity index (χ2v) is 7.27. The highest BCUT2D eigenvalue weighted by Gasteiger charge is 2.13. The topological polar surface area (TPSA) is 46.0 Å². The first-order chi connectivity index (χ1) is 14.6. The van der Waals surface area contributed by atoms with Crippen LogP contribution < -0.4 is 10.2 Å². The lowest BCUT2D eigenvalue weighted by molar-refractivity contribution is 0.628. The van der Waals surface area contributed by atoms with Crippen molar-refractivity contribution in [3.63, 3.8) is 0 Å². The van der Waals surface area contributed by atoms with Gasteiger partial charge in [-0.1, -0.05) is 24.3 Å². The molecule has 0 aliphatic rings. The fourth-order valence-electron chi connectivity index (χ4n) is 3.41. The molecule has 0 amide bonds. The van der Waals surface area contributed by atoms with E-state index in [9.17, 15) is 4.39 Å². The standard InChI is InChI=1S/C24H24FN5/c1-29(2)24-19(7-6-14-27-24)15-26-16-20-17-30(22-8-4-3-5-9-22)28-23(20)18-10-12-21(25)13-11-18/h3-14,17,26H,15-16H2,1-2H3. The molecule has 0 spiro atoms. The van der Waals surface area contributed by atoms with Crippen LogP contribution >= 0.6 is 0 Å². The summed E-state index contributed by atoms with van der Waals surface area (Å²) in [5, 5.41) is 8.29. The Balaban J connectivity index is 1.60. The molecule has 0 unspecified atom stereocenters. The number of nitrogens with zero attached hydrogens (tertiary/aromatic N) is 4. The van der Waals surface area contributed by atoms with Gasteiger partial charge in [0.2, 0.25) is 0 Å². The van der Waals surface area contributed by atoms with Crippen LogP contribution in [0.25, 0.3) is 16.9 Å². The number of aromatic nitrogens is 3. The van der Waals surface area contributed by atoms with Crippen LogP contribution in [0.4, 0.5) is 10.2 Å². The zero-order valence-corrected chi connectivity index (χ0v) is 17.1. The Hall–Kier alpha value is -3.51. The molecule has 30 heavy (non-hydrogen) atoms. The van der Waals surface area contributed by atoms with Gasteiger partial charge in [0.05, 0.1) is 11.4 Å². The van der Waals surface area contributed by atoms with E-state index >= 15 is 0 Å². The molecule has 4 aromatic rings. The Morgan fingerprint density at radius 2 is 1.63 bits per heavy atom. The zero-order chi connectivity index (χ0) is 20.9. The molecule has 2 aromatic carbocycles. The van der Waals surface area contributed by atoms with Crippen LogP contribution in [0.5, 0.6) is 0 Å². The normalized spacial score (nSPS) is 10.9. The first-order valence-corrected chi connectivity index (χ1v) is 9.83. The Kier molecular flexibility index (Phi) is 5.86. The number of benzene rings is 2. The summed E-state index contributed by atoms with van der Waals surface area (Å²) in [5.74, 6) is 0.692. The van der Waals surface area contributed by atoms with E-state index in [-0.39, 0.29) is 5.82 Å². The predicted molar refractivity (Wildman–Crippen MR) is 118 cm³/mol. The highest BCUT2D eigenvalue weighted by atomic mass is 19.1. The summed E-state index contributed by atoms with van der Waals surface area (Å²) in [5.41, 5.74) is 4.87. The van der Waals surface area contributed by atoms with E-state index in [1.54, 1.807) is 18.3 Å². The van der Waals surface area contributed by atoms with Crippen LogP contribution in [0.1, 0.15) is 11.1 Å². The van der Waals surface area contributed by atoms with Crippen molar-refractivity contribution in [2.75, 3.05) is 19.0 Å². The lowest BCUT2D eigenvalue weighted by Gasteiger charge is -2.16. The average molecular weight is 401 g/mol. The van der Waals surface area contributed by atoms with Crippen LogP contribution in [0.15, 0.2) is 79.1 Å². The summed E-state index contributed by atoms with van der Waals surface area (Å²) in [4.78, 5) is 6.46. The SMILES string of the molecule is CN(C)c1ncccc1CNCc1cn(-c2ccccc2)nc1-c1ccc(F)cc1. The van der Waals surface area contributed by atoms with Gasteiger partial charge in [0.25, 0.3) is 0 Å². The number of hydrogen-bond donors (Lipinski definition) is 1. The first-order valence-electron chi connectivity index (χ1n) is 9.83. The summed E-state index contributed by atoms with van der Waals surface area (Å²) in [6, 6.07) is 20.5. The minimum Gasteiger partial charge on any atom is -0.362 e. The Morgan fingerprint density at radius 1 is 0.900 bits per heavy atom. The van der Waals surface area contributed by atoms with E-state index < -0.39 is 0 Å². The molecule has 0 radical (unpaired) electrons. The molecule has 2 heterocycles. The summed E-state index contributed by atoms with van der Waals surface area (Å²) in [7, 11) is 3.98. The molecular weight excluding hydrogens is 377 g/mol. The van der Waals surface area contributed by atoms with Gasteiger partial charge in [-0.25, -0.2) is 14.1 Å². The number of pyridine rings is 1. The number of nitrogens with one attached hydrogen (secondary N) is 1. The van der Waals surface area contributed by atoms with Gasteiger partial charge in [0.1, 0.15) is 11.6 Å². The second-order valence-electron chi connectivity index (χ2n) is 7.27. The number of para-hydroxylation sites is 1. The molecule has 0 bridgehead atoms. The second kappa shape index (κ2) is 8.88. The van der Waals surface area contributed by atoms with E-state index in [2.05, 4.69) is 16.4 Å². The number of halogens is 1. The Labute approximate surface area is 175 Å². The van der Waals surface area contributed by atoms with E-state index in [1.807, 2.05) is 66.3 Å². The first kappa shape index (κ1) is 19.8. The molecule has 2 aromatic heterocycles. The van der Waals surface area contributed by atoms with Crippen molar-refractivity contribution in [3.8, 4) is 16.9 Å². The third kappa shape index (κ3) is 4.39. The van der Waals surface area contributed by atoms with Crippen molar-refractivity contribution >= 4 is 5.82 Å². The summed E-state index contributed by atoms with van der Waals surface area (Å²) < 4.78 is 15.3. The third-order valence-electron chi connectivity index (χ3n) is 4.85. The fraction of sp³-hybridized carbons (Fsp3) is 0.167. The van der Waals surface area contributed by atoms with Crippen LogP contribution in [0.2, 0.25) is 0 Å². The molecule has 152 valence electrons. The highest BCUT2D eigenvalue weighted by Crippen LogP contribution is 2.24. The fourth-order valence-corrected chi connectivity index (χ4v) is 3.41. The molecule has 4 rings (SSSR count). The molecular formula is C24H24FN5. The van der Waals surface area contributed by atoms with Crippen LogP contribution in [0.3, 0.4) is 0 Å². The molecule has 0 saturated heterocycles. The quantitative estimate of drug-likeness (QED) is 0.498. The zero-order valence-electron chi connectivity index (χ0n) is 17.1. The van der Waals surface area contributed by atoms with Gasteiger partial charge in [-0.2, -0.15) is 5.10 Å². The van der Waals surface area contributed by atoms with Gasteiger partial charge in [-0.3, -0.25) is 0 Å². The molecule has 1 N–H and O–H groups in total. The lowest BCUT2D eigenvalue weighted by Crippen LogP contribution is -2.18. The van der Waals surface area contributed by atoms with Gasteiger partial charge < -0.3 is 10.2 Å². The maximum atomic E-state index is 13.4. The molecule has 0 fully saturated rings. The summed E-state index contributed by atoms with van der Waals surface area (Å²) in [6.07, 6.45) is 3.83. The average Bonchev–Trinajstić information content (AvgIpc) is 3.19. The molecule has 0 atom stereocenters. The van der Waals surface area contributed by atoms with Crippen molar-refractivity contribution in [3.05, 3.63) is 96.1 Å². The summed E-state index contributed by atoms with van der Waals surface area (Å²) >= 11 is 0. The molecule has 0 aliphatic carbocycles. The van der Waals surface area contributed by atoms with E-state index in [1.165, 1.54) is 12.1 Å². The minimum atomic E-state index is -0.256. The van der Waals surface area contributed by atoms with E-state index in [0.29, 0.717) is 13.1 Å². The van der Waals surface area contributed by atoms with Gasteiger partial charge in [0.15, 0.2) is 0 Å². The number of hydrogen-bond acceptors (Lipinski definition) is 4. The molecule has 0 saturated carbocycles. The number of anilines is 1. The largest absolute Gasteiger partial charge is 0.362 e. The maximum Gasteiger partial charge on any atom is 0.132 e. The third-order valence-corrected chi connectivity index (χ3v) is 4.85. The molecule has 6 heteroatoms. The smallest absolute Gasteiger partial charge is 0.132 e. The van der Waals surface area contributed by atoms with Crippen LogP contribution in [0, 0.1) is 5.82 Å². The van der Waals surface area contributed by atoms with Crippen molar-refractivity contribution < 1.29 is 4.39 Å². The van der Waals surface area contributed by atoms with E-state index in [0.717, 1.165) is 33.9 Å². The monoisotopic (exact) mass is 401 g/mol. The molecule has 5 nitrogen and oxygen atoms in total. The van der Waals surface area contributed by atoms with Crippen molar-refractivity contribution in [1.82, 2.24) is 20.1 Å². The van der Waals surface area contributed by atoms with Crippen LogP contribution in [-0.4, -0.2) is 28.9 Å². The van der Waals surface area contributed by atoms with Gasteiger partial charge in [0, 0.05) is 56.3 Å². The van der Waals surface area contributed by atoms with Gasteiger partial charge in [-0.15, -0.1) is 0 Å².